The Hall–Kier alpha value is -1.48. The number of aryl methyl sites for hydroxylation is 2. The highest BCUT2D eigenvalue weighted by Crippen LogP contribution is 2.23. The van der Waals surface area contributed by atoms with Crippen LogP contribution in [0, 0.1) is 0 Å². The van der Waals surface area contributed by atoms with Gasteiger partial charge in [0, 0.05) is 40.3 Å². The molecule has 1 heterocycles. The monoisotopic (exact) mass is 361 g/mol. The van der Waals surface area contributed by atoms with Crippen LogP contribution in [0.2, 0.25) is 10.0 Å². The second kappa shape index (κ2) is 8.06. The Bertz CT molecular complexity index is 826. The molecule has 0 bridgehead atoms. The van der Waals surface area contributed by atoms with Crippen LogP contribution in [0.1, 0.15) is 24.1 Å². The molecule has 2 nitrogen and oxygen atoms in total. The molecule has 0 spiro atoms. The summed E-state index contributed by atoms with van der Waals surface area (Å²) in [5, 5.41) is 2.75. The lowest BCUT2D eigenvalue weighted by Crippen LogP contribution is -1.99. The van der Waals surface area contributed by atoms with Crippen molar-refractivity contribution in [3.05, 3.63) is 69.8 Å². The number of ether oxygens (including phenoxy) is 1. The van der Waals surface area contributed by atoms with Crippen LogP contribution in [0.4, 0.5) is 0 Å². The maximum absolute atomic E-state index is 6.07. The summed E-state index contributed by atoms with van der Waals surface area (Å²) in [5.41, 5.74) is 3.68. The summed E-state index contributed by atoms with van der Waals surface area (Å²) in [6.07, 6.45) is 3.19. The third-order valence-electron chi connectivity index (χ3n) is 4.23. The van der Waals surface area contributed by atoms with Gasteiger partial charge in [-0.3, -0.25) is 0 Å². The summed E-state index contributed by atoms with van der Waals surface area (Å²) >= 11 is 12.0. The number of nitrogens with zero attached hydrogens (tertiary/aromatic N) is 1. The quantitative estimate of drug-likeness (QED) is 0.469. The lowest BCUT2D eigenvalue weighted by atomic mass is 10.2. The van der Waals surface area contributed by atoms with E-state index in [1.807, 2.05) is 36.4 Å². The zero-order valence-corrected chi connectivity index (χ0v) is 15.3. The second-order valence-corrected chi connectivity index (χ2v) is 6.91. The fourth-order valence-corrected chi connectivity index (χ4v) is 3.34. The van der Waals surface area contributed by atoms with Crippen LogP contribution in [0.25, 0.3) is 10.9 Å². The van der Waals surface area contributed by atoms with Crippen LogP contribution in [0.5, 0.6) is 0 Å². The molecule has 4 heteroatoms. The number of fused-ring (bicyclic) bond motifs is 1. The molecule has 126 valence electrons. The number of aromatic nitrogens is 1. The van der Waals surface area contributed by atoms with Gasteiger partial charge in [-0.2, -0.15) is 0 Å². The topological polar surface area (TPSA) is 14.2 Å². The summed E-state index contributed by atoms with van der Waals surface area (Å²) < 4.78 is 7.98. The van der Waals surface area contributed by atoms with Crippen LogP contribution in [-0.4, -0.2) is 11.2 Å². The molecule has 0 aliphatic carbocycles. The number of benzene rings is 2. The summed E-state index contributed by atoms with van der Waals surface area (Å²) in [7, 11) is 2.11. The van der Waals surface area contributed by atoms with Crippen molar-refractivity contribution in [1.82, 2.24) is 4.57 Å². The molecule has 2 aromatic carbocycles. The molecule has 0 fully saturated rings. The molecule has 0 atom stereocenters. The molecule has 0 aliphatic rings. The van der Waals surface area contributed by atoms with Crippen molar-refractivity contribution < 1.29 is 4.74 Å². The molecule has 0 saturated carbocycles. The predicted octanol–water partition coefficient (Wildman–Crippen LogP) is 6.02. The van der Waals surface area contributed by atoms with Crippen molar-refractivity contribution in [3.63, 3.8) is 0 Å². The highest BCUT2D eigenvalue weighted by atomic mass is 35.5. The molecule has 24 heavy (non-hydrogen) atoms. The number of halogens is 2. The van der Waals surface area contributed by atoms with Crippen LogP contribution in [0.3, 0.4) is 0 Å². The highest BCUT2D eigenvalue weighted by molar-refractivity contribution is 6.31. The Labute approximate surface area is 152 Å². The van der Waals surface area contributed by atoms with Gasteiger partial charge in [-0.05, 0) is 61.2 Å². The van der Waals surface area contributed by atoms with Gasteiger partial charge in [-0.25, -0.2) is 0 Å². The van der Waals surface area contributed by atoms with Crippen molar-refractivity contribution >= 4 is 34.1 Å². The predicted molar refractivity (Wildman–Crippen MR) is 102 cm³/mol. The van der Waals surface area contributed by atoms with Crippen LogP contribution in [0.15, 0.2) is 48.5 Å². The summed E-state index contributed by atoms with van der Waals surface area (Å²) in [6.45, 7) is 1.38. The van der Waals surface area contributed by atoms with E-state index in [9.17, 15) is 0 Å². The third kappa shape index (κ3) is 4.32. The second-order valence-electron chi connectivity index (χ2n) is 6.04. The number of hydrogen-bond acceptors (Lipinski definition) is 1. The molecule has 3 rings (SSSR count). The summed E-state index contributed by atoms with van der Waals surface area (Å²) in [5.74, 6) is 0. The van der Waals surface area contributed by atoms with Crippen molar-refractivity contribution in [3.8, 4) is 0 Å². The Kier molecular flexibility index (Phi) is 5.83. The Morgan fingerprint density at radius 2 is 1.79 bits per heavy atom. The van der Waals surface area contributed by atoms with Crippen molar-refractivity contribution in [2.45, 2.75) is 25.9 Å². The average molecular weight is 362 g/mol. The first-order valence-electron chi connectivity index (χ1n) is 8.19. The van der Waals surface area contributed by atoms with Gasteiger partial charge in [0.2, 0.25) is 0 Å². The zero-order valence-electron chi connectivity index (χ0n) is 13.8. The molecule has 0 saturated heterocycles. The first-order chi connectivity index (χ1) is 11.6. The molecule has 0 amide bonds. The van der Waals surface area contributed by atoms with E-state index in [0.29, 0.717) is 6.61 Å². The van der Waals surface area contributed by atoms with E-state index >= 15 is 0 Å². The van der Waals surface area contributed by atoms with Gasteiger partial charge in [-0.15, -0.1) is 0 Å². The molecule has 3 aromatic rings. The Morgan fingerprint density at radius 3 is 2.62 bits per heavy atom. The standard InChI is InChI=1S/C20H21Cl2NO/c1-23-19(13-16-12-18(22)8-9-20(16)23)7-2-3-10-24-14-15-5-4-6-17(21)11-15/h4-6,8-9,11-13H,2-3,7,10,14H2,1H3. The maximum Gasteiger partial charge on any atom is 0.0717 e. The fraction of sp³-hybridized carbons (Fsp3) is 0.300. The number of rotatable bonds is 7. The molecule has 0 unspecified atom stereocenters. The molecule has 1 aromatic heterocycles. The van der Waals surface area contributed by atoms with Gasteiger partial charge in [0.05, 0.1) is 6.61 Å². The third-order valence-corrected chi connectivity index (χ3v) is 4.70. The van der Waals surface area contributed by atoms with E-state index in [1.54, 1.807) is 0 Å². The van der Waals surface area contributed by atoms with Crippen molar-refractivity contribution in [2.24, 2.45) is 7.05 Å². The minimum Gasteiger partial charge on any atom is -0.377 e. The lowest BCUT2D eigenvalue weighted by molar-refractivity contribution is 0.117. The van der Waals surface area contributed by atoms with Gasteiger partial charge in [0.15, 0.2) is 0 Å². The van der Waals surface area contributed by atoms with Gasteiger partial charge in [0.25, 0.3) is 0 Å². The van der Waals surface area contributed by atoms with Crippen molar-refractivity contribution in [1.29, 1.82) is 0 Å². The molecular weight excluding hydrogens is 341 g/mol. The Morgan fingerprint density at radius 1 is 0.958 bits per heavy atom. The van der Waals surface area contributed by atoms with Crippen LogP contribution < -0.4 is 0 Å². The fourth-order valence-electron chi connectivity index (χ4n) is 2.94. The van der Waals surface area contributed by atoms with Crippen LogP contribution >= 0.6 is 23.2 Å². The highest BCUT2D eigenvalue weighted by Gasteiger charge is 2.06. The summed E-state index contributed by atoms with van der Waals surface area (Å²) in [4.78, 5) is 0. The normalized spacial score (nSPS) is 11.3. The Balaban J connectivity index is 1.44. The summed E-state index contributed by atoms with van der Waals surface area (Å²) in [6, 6.07) is 16.1. The van der Waals surface area contributed by atoms with Gasteiger partial charge >= 0.3 is 0 Å². The molecule has 0 radical (unpaired) electrons. The molecule has 0 aliphatic heterocycles. The lowest BCUT2D eigenvalue weighted by Gasteiger charge is -2.06. The van der Waals surface area contributed by atoms with Gasteiger partial charge in [0.1, 0.15) is 0 Å². The maximum atomic E-state index is 6.07. The van der Waals surface area contributed by atoms with Crippen molar-refractivity contribution in [2.75, 3.05) is 6.61 Å². The van der Waals surface area contributed by atoms with E-state index in [-0.39, 0.29) is 0 Å². The van der Waals surface area contributed by atoms with E-state index in [0.717, 1.165) is 41.5 Å². The minimum atomic E-state index is 0.618. The van der Waals surface area contributed by atoms with E-state index < -0.39 is 0 Å². The smallest absolute Gasteiger partial charge is 0.0717 e. The largest absolute Gasteiger partial charge is 0.377 e. The molecule has 0 N–H and O–H groups in total. The van der Waals surface area contributed by atoms with E-state index in [4.69, 9.17) is 27.9 Å². The minimum absolute atomic E-state index is 0.618. The van der Waals surface area contributed by atoms with Crippen LogP contribution in [-0.2, 0) is 24.8 Å². The number of unbranched alkanes of at least 4 members (excludes halogenated alkanes) is 1. The number of hydrogen-bond donors (Lipinski definition) is 0. The van der Waals surface area contributed by atoms with E-state index in [2.05, 4.69) is 23.7 Å². The molecular formula is C20H21Cl2NO. The zero-order chi connectivity index (χ0) is 16.9. The van der Waals surface area contributed by atoms with E-state index in [1.165, 1.54) is 16.6 Å². The first-order valence-corrected chi connectivity index (χ1v) is 8.95. The van der Waals surface area contributed by atoms with Gasteiger partial charge in [-0.1, -0.05) is 35.3 Å². The van der Waals surface area contributed by atoms with Gasteiger partial charge < -0.3 is 9.30 Å². The first kappa shape index (κ1) is 17.3. The average Bonchev–Trinajstić information content (AvgIpc) is 2.86. The SMILES string of the molecule is Cn1c(CCCCOCc2cccc(Cl)c2)cc2cc(Cl)ccc21.